The Labute approximate surface area is 73.7 Å². The van der Waals surface area contributed by atoms with E-state index in [1.165, 1.54) is 25.7 Å². The van der Waals surface area contributed by atoms with E-state index in [-0.39, 0.29) is 0 Å². The number of hydrogen-bond acceptors (Lipinski definition) is 3. The van der Waals surface area contributed by atoms with Gasteiger partial charge in [-0.2, -0.15) is 0 Å². The van der Waals surface area contributed by atoms with Gasteiger partial charge in [0.15, 0.2) is 0 Å². The molecule has 0 aliphatic heterocycles. The molecule has 0 bridgehead atoms. The minimum Gasteiger partial charge on any atom is -0.299 e. The van der Waals surface area contributed by atoms with Crippen molar-refractivity contribution in [3.63, 3.8) is 0 Å². The first-order chi connectivity index (χ1) is 5.91. The molecule has 72 valence electrons. The lowest BCUT2D eigenvalue weighted by Gasteiger charge is -1.92. The Kier molecular flexibility index (Phi) is 19.4. The largest absolute Gasteiger partial charge is 0.299 e. The maximum atomic E-state index is 9.81. The van der Waals surface area contributed by atoms with E-state index >= 15 is 0 Å². The summed E-state index contributed by atoms with van der Waals surface area (Å²) in [4.78, 5) is 9.81. The predicted octanol–water partition coefficient (Wildman–Crippen LogP) is 2.73. The number of rotatable bonds is 6. The van der Waals surface area contributed by atoms with Gasteiger partial charge in [0.2, 0.25) is 0 Å². The highest BCUT2D eigenvalue weighted by molar-refractivity contribution is 5.64. The van der Waals surface area contributed by atoms with Crippen molar-refractivity contribution in [1.82, 2.24) is 0 Å². The number of hydrogen-bond donors (Lipinski definition) is 2. The second-order valence-corrected chi connectivity index (χ2v) is 2.41. The van der Waals surface area contributed by atoms with E-state index in [0.29, 0.717) is 0 Å². The van der Waals surface area contributed by atoms with Crippen LogP contribution >= 0.6 is 0 Å². The molecule has 0 aliphatic rings. The highest BCUT2D eigenvalue weighted by atomic mass is 17.0. The van der Waals surface area contributed by atoms with Crippen LogP contribution in [0.1, 0.15) is 39.0 Å². The van der Waals surface area contributed by atoms with Gasteiger partial charge >= 0.3 is 0 Å². The summed E-state index contributed by atoms with van der Waals surface area (Å²) in [6.07, 6.45) is 10.5. The van der Waals surface area contributed by atoms with Crippen LogP contribution in [0.5, 0.6) is 0 Å². The fourth-order valence-electron chi connectivity index (χ4n) is 0.841. The Bertz CT molecular complexity index is 99.9. The minimum absolute atomic E-state index is 0.833. The third-order valence-corrected chi connectivity index (χ3v) is 1.44. The Morgan fingerprint density at radius 1 is 1.17 bits per heavy atom. The van der Waals surface area contributed by atoms with E-state index in [1.807, 2.05) is 6.08 Å². The maximum absolute atomic E-state index is 9.81. The highest BCUT2D eigenvalue weighted by Gasteiger charge is 1.82. The van der Waals surface area contributed by atoms with Crippen LogP contribution in [0.4, 0.5) is 0 Å². The van der Waals surface area contributed by atoms with Gasteiger partial charge < -0.3 is 0 Å². The molecule has 3 nitrogen and oxygen atoms in total. The molecule has 0 radical (unpaired) electrons. The van der Waals surface area contributed by atoms with E-state index < -0.39 is 0 Å². The first-order valence-electron chi connectivity index (χ1n) is 4.22. The fourth-order valence-corrected chi connectivity index (χ4v) is 0.841. The first-order valence-corrected chi connectivity index (χ1v) is 4.22. The Morgan fingerprint density at radius 2 is 1.83 bits per heavy atom. The highest BCUT2D eigenvalue weighted by Crippen LogP contribution is 2.02. The van der Waals surface area contributed by atoms with Gasteiger partial charge in [0, 0.05) is 0 Å². The second-order valence-electron chi connectivity index (χ2n) is 2.41. The van der Waals surface area contributed by atoms with Gasteiger partial charge in [0.1, 0.15) is 6.29 Å². The number of unbranched alkanes of at least 4 members (excludes halogenated alkanes) is 4. The summed E-state index contributed by atoms with van der Waals surface area (Å²) in [5, 5.41) is 12.0. The zero-order valence-electron chi connectivity index (χ0n) is 7.57. The quantitative estimate of drug-likeness (QED) is 0.214. The first kappa shape index (κ1) is 13.9. The molecule has 0 rings (SSSR count). The van der Waals surface area contributed by atoms with Crippen molar-refractivity contribution in [2.45, 2.75) is 39.0 Å². The summed E-state index contributed by atoms with van der Waals surface area (Å²) in [6, 6.07) is 0. The molecular formula is C9H18O3. The number of carbonyl (C=O) groups excluding carboxylic acids is 1. The van der Waals surface area contributed by atoms with Crippen LogP contribution in [0.25, 0.3) is 0 Å². The molecule has 0 amide bonds. The molecular weight excluding hydrogens is 156 g/mol. The topological polar surface area (TPSA) is 57.5 Å². The number of allylic oxidation sites excluding steroid dienone is 2. The molecule has 12 heavy (non-hydrogen) atoms. The summed E-state index contributed by atoms with van der Waals surface area (Å²) >= 11 is 0. The average Bonchev–Trinajstić information content (AvgIpc) is 2.15. The van der Waals surface area contributed by atoms with Crippen molar-refractivity contribution in [2.24, 2.45) is 0 Å². The zero-order chi connectivity index (χ0) is 9.66. The molecule has 0 unspecified atom stereocenters. The molecule has 2 N–H and O–H groups in total. The van der Waals surface area contributed by atoms with Crippen LogP contribution < -0.4 is 0 Å². The normalized spacial score (nSPS) is 9.25. The lowest BCUT2D eigenvalue weighted by Crippen LogP contribution is -1.73. The van der Waals surface area contributed by atoms with Gasteiger partial charge in [-0.3, -0.25) is 15.3 Å². The summed E-state index contributed by atoms with van der Waals surface area (Å²) < 4.78 is 0. The van der Waals surface area contributed by atoms with Crippen molar-refractivity contribution < 1.29 is 15.3 Å². The summed E-state index contributed by atoms with van der Waals surface area (Å²) in [5.41, 5.74) is 0. The molecule has 0 aromatic heterocycles. The van der Waals surface area contributed by atoms with Crippen LogP contribution in [0.2, 0.25) is 0 Å². The molecule has 0 aromatic carbocycles. The van der Waals surface area contributed by atoms with Gasteiger partial charge in [-0.25, -0.2) is 0 Å². The van der Waals surface area contributed by atoms with Gasteiger partial charge in [-0.05, 0) is 18.9 Å². The minimum atomic E-state index is 0.833. The monoisotopic (exact) mass is 174 g/mol. The number of aldehydes is 1. The van der Waals surface area contributed by atoms with Crippen LogP contribution in [-0.2, 0) is 4.79 Å². The van der Waals surface area contributed by atoms with Crippen molar-refractivity contribution in [3.8, 4) is 0 Å². The molecule has 0 saturated heterocycles. The van der Waals surface area contributed by atoms with Crippen LogP contribution in [0, 0.1) is 0 Å². The third kappa shape index (κ3) is 16.2. The molecule has 0 aliphatic carbocycles. The number of carbonyl (C=O) groups is 1. The van der Waals surface area contributed by atoms with Gasteiger partial charge in [-0.15, -0.1) is 0 Å². The Morgan fingerprint density at radius 3 is 2.33 bits per heavy atom. The van der Waals surface area contributed by atoms with Crippen molar-refractivity contribution in [1.29, 1.82) is 0 Å². The Hall–Kier alpha value is -0.670. The predicted molar refractivity (Wildman–Crippen MR) is 49.2 cm³/mol. The third-order valence-electron chi connectivity index (χ3n) is 1.44. The van der Waals surface area contributed by atoms with Crippen molar-refractivity contribution in [2.75, 3.05) is 0 Å². The smallest absolute Gasteiger partial charge is 0.142 e. The fraction of sp³-hybridized carbons (Fsp3) is 0.667. The van der Waals surface area contributed by atoms with Gasteiger partial charge in [-0.1, -0.05) is 32.3 Å². The van der Waals surface area contributed by atoms with E-state index in [2.05, 4.69) is 6.92 Å². The van der Waals surface area contributed by atoms with Crippen LogP contribution in [0.3, 0.4) is 0 Å². The van der Waals surface area contributed by atoms with Crippen molar-refractivity contribution >= 4 is 6.29 Å². The molecule has 0 aromatic rings. The average molecular weight is 174 g/mol. The molecule has 0 atom stereocenters. The maximum Gasteiger partial charge on any atom is 0.142 e. The summed E-state index contributed by atoms with van der Waals surface area (Å²) in [5.74, 6) is 0. The Balaban J connectivity index is 0. The zero-order valence-corrected chi connectivity index (χ0v) is 7.57. The van der Waals surface area contributed by atoms with E-state index in [1.54, 1.807) is 6.08 Å². The summed E-state index contributed by atoms with van der Waals surface area (Å²) in [6.45, 7) is 2.20. The lowest BCUT2D eigenvalue weighted by atomic mass is 10.1. The van der Waals surface area contributed by atoms with Crippen LogP contribution in [0.15, 0.2) is 12.2 Å². The van der Waals surface area contributed by atoms with Crippen molar-refractivity contribution in [3.05, 3.63) is 12.2 Å². The van der Waals surface area contributed by atoms with Crippen LogP contribution in [-0.4, -0.2) is 16.8 Å². The molecule has 0 heterocycles. The molecule has 0 fully saturated rings. The van der Waals surface area contributed by atoms with Gasteiger partial charge in [0.05, 0.1) is 0 Å². The van der Waals surface area contributed by atoms with Gasteiger partial charge in [0.25, 0.3) is 0 Å². The molecule has 0 saturated carbocycles. The second kappa shape index (κ2) is 16.7. The summed E-state index contributed by atoms with van der Waals surface area (Å²) in [7, 11) is 0. The SMILES string of the molecule is CCCCCC/C=C/C=O.OO. The standard InChI is InChI=1S/C9H16O.H2O2/c1-2-3-4-5-6-7-8-9-10;1-2/h7-9H,2-6H2,1H3;1-2H/b8-7+;. The lowest BCUT2D eigenvalue weighted by molar-refractivity contribution is -0.176. The van der Waals surface area contributed by atoms with E-state index in [0.717, 1.165) is 12.7 Å². The molecule has 3 heteroatoms. The van der Waals surface area contributed by atoms with E-state index in [4.69, 9.17) is 10.5 Å². The molecule has 0 spiro atoms. The van der Waals surface area contributed by atoms with E-state index in [9.17, 15) is 4.79 Å².